The molecule has 0 unspecified atom stereocenters. The average molecular weight is 543 g/mol. The molecule has 3 N–H and O–H groups in total. The monoisotopic (exact) mass is 542 g/mol. The first-order valence-electron chi connectivity index (χ1n) is 13.7. The van der Waals surface area contributed by atoms with E-state index in [4.69, 9.17) is 4.98 Å². The fourth-order valence-electron chi connectivity index (χ4n) is 4.94. The Kier molecular flexibility index (Phi) is 9.16. The Hall–Kier alpha value is -4.24. The molecule has 9 nitrogen and oxygen atoms in total. The zero-order valence-corrected chi connectivity index (χ0v) is 23.8. The van der Waals surface area contributed by atoms with Crippen molar-refractivity contribution in [1.82, 2.24) is 20.2 Å². The van der Waals surface area contributed by atoms with Gasteiger partial charge in [-0.15, -0.1) is 0 Å². The first kappa shape index (κ1) is 28.8. The summed E-state index contributed by atoms with van der Waals surface area (Å²) in [5.41, 5.74) is 5.18. The number of likely N-dealkylation sites (N-methyl/N-ethyl adjacent to an activating group) is 1. The number of hydrogen-bond acceptors (Lipinski definition) is 6. The summed E-state index contributed by atoms with van der Waals surface area (Å²) in [6.45, 7) is 13.1. The van der Waals surface area contributed by atoms with Gasteiger partial charge < -0.3 is 25.4 Å². The van der Waals surface area contributed by atoms with Crippen molar-refractivity contribution in [3.63, 3.8) is 0 Å². The van der Waals surface area contributed by atoms with E-state index >= 15 is 0 Å². The Morgan fingerprint density at radius 2 is 1.85 bits per heavy atom. The molecule has 9 heteroatoms. The van der Waals surface area contributed by atoms with Crippen LogP contribution in [0.1, 0.15) is 46.1 Å². The van der Waals surface area contributed by atoms with Crippen LogP contribution in [0, 0.1) is 13.8 Å². The molecule has 1 saturated heterocycles. The number of pyridine rings is 2. The van der Waals surface area contributed by atoms with E-state index in [2.05, 4.69) is 46.0 Å². The summed E-state index contributed by atoms with van der Waals surface area (Å²) in [6.07, 6.45) is 4.62. The molecule has 40 heavy (non-hydrogen) atoms. The third kappa shape index (κ3) is 6.66. The summed E-state index contributed by atoms with van der Waals surface area (Å²) in [4.78, 5) is 50.4. The molecule has 0 spiro atoms. The Balaban J connectivity index is 1.64. The standard InChI is InChI=1S/C31H38N6O3/c1-6-8-22-15-20(3)34-31(40)26(22)19-33-30(39)25-16-24(17-27(21(25)4)35-29(38)7-2)23-9-10-28(32-18-23)37-13-11-36(5)12-14-37/h7,9-10,15-18H,2,6,8,11-14,19H2,1,3-5H3,(H,33,39)(H,34,40)(H,35,38). The van der Waals surface area contributed by atoms with Crippen LogP contribution < -0.4 is 21.1 Å². The van der Waals surface area contributed by atoms with Crippen LogP contribution in [0.5, 0.6) is 0 Å². The number of piperazine rings is 1. The number of nitrogens with zero attached hydrogens (tertiary/aromatic N) is 3. The van der Waals surface area contributed by atoms with E-state index in [1.165, 1.54) is 6.08 Å². The average Bonchev–Trinajstić information content (AvgIpc) is 2.94. The third-order valence-corrected chi connectivity index (χ3v) is 7.31. The smallest absolute Gasteiger partial charge is 0.253 e. The number of H-pyrrole nitrogens is 1. The van der Waals surface area contributed by atoms with Crippen LogP contribution in [0.3, 0.4) is 0 Å². The van der Waals surface area contributed by atoms with Crippen molar-refractivity contribution in [3.8, 4) is 11.1 Å². The fraction of sp³-hybridized carbons (Fsp3) is 0.355. The van der Waals surface area contributed by atoms with Crippen molar-refractivity contribution >= 4 is 23.3 Å². The fourth-order valence-corrected chi connectivity index (χ4v) is 4.94. The molecule has 4 rings (SSSR count). The summed E-state index contributed by atoms with van der Waals surface area (Å²) >= 11 is 0. The molecular weight excluding hydrogens is 504 g/mol. The second kappa shape index (κ2) is 12.7. The summed E-state index contributed by atoms with van der Waals surface area (Å²) in [5, 5.41) is 5.75. The highest BCUT2D eigenvalue weighted by Gasteiger charge is 2.19. The molecule has 1 aliphatic heterocycles. The molecule has 210 valence electrons. The number of aromatic amines is 1. The Morgan fingerprint density at radius 3 is 2.50 bits per heavy atom. The van der Waals surface area contributed by atoms with Gasteiger partial charge in [-0.05, 0) is 80.4 Å². The lowest BCUT2D eigenvalue weighted by molar-refractivity contribution is -0.111. The van der Waals surface area contributed by atoms with Gasteiger partial charge in [-0.1, -0.05) is 19.9 Å². The number of aryl methyl sites for hydroxylation is 2. The molecule has 0 radical (unpaired) electrons. The van der Waals surface area contributed by atoms with Crippen molar-refractivity contribution in [2.45, 2.75) is 40.2 Å². The van der Waals surface area contributed by atoms with E-state index in [9.17, 15) is 14.4 Å². The second-order valence-electron chi connectivity index (χ2n) is 10.3. The van der Waals surface area contributed by atoms with Crippen LogP contribution in [0.2, 0.25) is 0 Å². The lowest BCUT2D eigenvalue weighted by Gasteiger charge is -2.33. The predicted molar refractivity (Wildman–Crippen MR) is 160 cm³/mol. The molecule has 2 amide bonds. The largest absolute Gasteiger partial charge is 0.354 e. The zero-order valence-electron chi connectivity index (χ0n) is 23.8. The lowest BCUT2D eigenvalue weighted by Crippen LogP contribution is -2.44. The van der Waals surface area contributed by atoms with Gasteiger partial charge >= 0.3 is 0 Å². The summed E-state index contributed by atoms with van der Waals surface area (Å²) in [6, 6.07) is 9.56. The van der Waals surface area contributed by atoms with Crippen LogP contribution in [-0.2, 0) is 17.8 Å². The Bertz CT molecular complexity index is 1450. The van der Waals surface area contributed by atoms with Crippen molar-refractivity contribution in [3.05, 3.63) is 87.5 Å². The molecule has 1 aliphatic rings. The van der Waals surface area contributed by atoms with E-state index in [0.29, 0.717) is 22.4 Å². The number of aromatic nitrogens is 2. The number of rotatable bonds is 9. The van der Waals surface area contributed by atoms with Gasteiger partial charge in [-0.2, -0.15) is 0 Å². The van der Waals surface area contributed by atoms with Gasteiger partial charge in [0.25, 0.3) is 11.5 Å². The SMILES string of the molecule is C=CC(=O)Nc1cc(-c2ccc(N3CCN(C)CC3)nc2)cc(C(=O)NCc2c(CCC)cc(C)[nH]c2=O)c1C. The number of anilines is 2. The van der Waals surface area contributed by atoms with Crippen molar-refractivity contribution in [2.75, 3.05) is 43.4 Å². The Labute approximate surface area is 235 Å². The van der Waals surface area contributed by atoms with Gasteiger partial charge in [0.05, 0.1) is 0 Å². The third-order valence-electron chi connectivity index (χ3n) is 7.31. The minimum Gasteiger partial charge on any atom is -0.354 e. The van der Waals surface area contributed by atoms with E-state index in [0.717, 1.165) is 67.2 Å². The highest BCUT2D eigenvalue weighted by Crippen LogP contribution is 2.30. The lowest BCUT2D eigenvalue weighted by atomic mass is 9.97. The molecule has 1 fully saturated rings. The van der Waals surface area contributed by atoms with Crippen molar-refractivity contribution in [2.24, 2.45) is 0 Å². The van der Waals surface area contributed by atoms with Gasteiger partial charge in [0, 0.05) is 67.0 Å². The van der Waals surface area contributed by atoms with Crippen molar-refractivity contribution in [1.29, 1.82) is 0 Å². The first-order chi connectivity index (χ1) is 19.2. The van der Waals surface area contributed by atoms with E-state index < -0.39 is 0 Å². The molecule has 0 saturated carbocycles. The van der Waals surface area contributed by atoms with Crippen molar-refractivity contribution < 1.29 is 9.59 Å². The molecule has 0 atom stereocenters. The summed E-state index contributed by atoms with van der Waals surface area (Å²) in [7, 11) is 2.12. The first-order valence-corrected chi connectivity index (χ1v) is 13.7. The van der Waals surface area contributed by atoms with Crippen LogP contribution in [0.4, 0.5) is 11.5 Å². The maximum atomic E-state index is 13.5. The maximum Gasteiger partial charge on any atom is 0.253 e. The van der Waals surface area contributed by atoms with Gasteiger partial charge in [-0.3, -0.25) is 14.4 Å². The number of benzene rings is 1. The van der Waals surface area contributed by atoms with Gasteiger partial charge in [0.1, 0.15) is 5.82 Å². The molecule has 3 aromatic rings. The Morgan fingerprint density at radius 1 is 1.10 bits per heavy atom. The molecule has 1 aromatic carbocycles. The quantitative estimate of drug-likeness (QED) is 0.355. The zero-order chi connectivity index (χ0) is 28.8. The number of nitrogens with one attached hydrogen (secondary N) is 3. The molecule has 0 bridgehead atoms. The van der Waals surface area contributed by atoms with E-state index in [-0.39, 0.29) is 23.9 Å². The normalized spacial score (nSPS) is 13.7. The minimum atomic E-state index is -0.370. The topological polar surface area (TPSA) is 110 Å². The molecule has 2 aromatic heterocycles. The number of carbonyl (C=O) groups excluding carboxylic acids is 2. The molecular formula is C31H38N6O3. The highest BCUT2D eigenvalue weighted by molar-refractivity contribution is 6.03. The molecule has 3 heterocycles. The van der Waals surface area contributed by atoms with Crippen LogP contribution in [-0.4, -0.2) is 59.9 Å². The number of carbonyl (C=O) groups is 2. The van der Waals surface area contributed by atoms with Gasteiger partial charge in [0.2, 0.25) is 5.91 Å². The predicted octanol–water partition coefficient (Wildman–Crippen LogP) is 3.81. The van der Waals surface area contributed by atoms with Gasteiger partial charge in [-0.25, -0.2) is 4.98 Å². The maximum absolute atomic E-state index is 13.5. The summed E-state index contributed by atoms with van der Waals surface area (Å²) in [5.74, 6) is 0.205. The number of amides is 2. The second-order valence-corrected chi connectivity index (χ2v) is 10.3. The van der Waals surface area contributed by atoms with Crippen LogP contribution >= 0.6 is 0 Å². The van der Waals surface area contributed by atoms with Gasteiger partial charge in [0.15, 0.2) is 0 Å². The van der Waals surface area contributed by atoms with Crippen LogP contribution in [0.25, 0.3) is 11.1 Å². The molecule has 0 aliphatic carbocycles. The number of hydrogen-bond donors (Lipinski definition) is 3. The highest BCUT2D eigenvalue weighted by atomic mass is 16.2. The van der Waals surface area contributed by atoms with E-state index in [1.807, 2.05) is 31.2 Å². The summed E-state index contributed by atoms with van der Waals surface area (Å²) < 4.78 is 0. The van der Waals surface area contributed by atoms with Crippen LogP contribution in [0.15, 0.2) is 54.0 Å². The minimum absolute atomic E-state index is 0.100. The van der Waals surface area contributed by atoms with E-state index in [1.54, 1.807) is 19.2 Å².